The summed E-state index contributed by atoms with van der Waals surface area (Å²) in [6, 6.07) is 4.03. The number of hydrogen-bond acceptors (Lipinski definition) is 3. The summed E-state index contributed by atoms with van der Waals surface area (Å²) in [6.07, 6.45) is 0.269. The molecule has 14 heavy (non-hydrogen) atoms. The molecule has 1 aromatic rings. The van der Waals surface area contributed by atoms with E-state index in [0.29, 0.717) is 3.57 Å². The van der Waals surface area contributed by atoms with E-state index >= 15 is 0 Å². The average molecular weight is 311 g/mol. The number of carboxylic acids is 1. The van der Waals surface area contributed by atoms with Gasteiger partial charge in [-0.25, -0.2) is 0 Å². The molecule has 1 atom stereocenters. The molecule has 0 saturated carbocycles. The van der Waals surface area contributed by atoms with Crippen molar-refractivity contribution in [2.75, 3.05) is 0 Å². The summed E-state index contributed by atoms with van der Waals surface area (Å²) in [5, 5.41) is 17.8. The van der Waals surface area contributed by atoms with Crippen molar-refractivity contribution in [1.82, 2.24) is 0 Å². The number of rotatable bonds is 3. The van der Waals surface area contributed by atoms with E-state index < -0.39 is 12.0 Å². The van der Waals surface area contributed by atoms with Crippen LogP contribution in [0.25, 0.3) is 0 Å². The van der Waals surface area contributed by atoms with E-state index in [9.17, 15) is 9.90 Å². The third-order valence-electron chi connectivity index (χ3n) is 1.78. The Balaban J connectivity index is 2.78. The summed E-state index contributed by atoms with van der Waals surface area (Å²) in [4.78, 5) is 10.5. The predicted octanol–water partition coefficient (Wildman–Crippen LogP) is 0.951. The fourth-order valence-corrected chi connectivity index (χ4v) is 1.60. The number of carboxylic acid groups (broad SMARTS) is 1. The Labute approximate surface area is 94.9 Å². The molecule has 0 radical (unpaired) electrons. The first-order chi connectivity index (χ1) is 6.50. The molecule has 0 aliphatic heterocycles. The van der Waals surface area contributed by atoms with Crippen LogP contribution in [0, 0.1) is 3.57 Å². The lowest BCUT2D eigenvalue weighted by atomic mass is 10.1. The largest absolute Gasteiger partial charge is 0.507 e. The number of aromatic hydroxyl groups is 1. The van der Waals surface area contributed by atoms with Crippen LogP contribution in [0.1, 0.15) is 5.56 Å². The van der Waals surface area contributed by atoms with Crippen LogP contribution in [0.4, 0.5) is 0 Å². The maximum absolute atomic E-state index is 10.5. The van der Waals surface area contributed by atoms with Crippen LogP contribution < -0.4 is 5.73 Å². The highest BCUT2D eigenvalue weighted by Crippen LogP contribution is 2.20. The molecule has 0 bridgehead atoms. The predicted molar refractivity (Wildman–Crippen MR) is 60.1 cm³/mol. The number of halogens is 1. The molecule has 0 aliphatic rings. The number of hydrogen-bond donors (Lipinski definition) is 3. The van der Waals surface area contributed by atoms with Crippen molar-refractivity contribution in [3.63, 3.8) is 0 Å². The first-order valence-electron chi connectivity index (χ1n) is 3.96. The Bertz CT molecular complexity index is 354. The van der Waals surface area contributed by atoms with Crippen LogP contribution in [0.5, 0.6) is 5.75 Å². The average Bonchev–Trinajstić information content (AvgIpc) is 2.11. The zero-order valence-corrected chi connectivity index (χ0v) is 9.43. The molecule has 5 heteroatoms. The minimum atomic E-state index is -1.02. The van der Waals surface area contributed by atoms with Crippen LogP contribution in [-0.4, -0.2) is 22.2 Å². The SMILES string of the molecule is NC(Cc1ccc(O)c([131I])c1)C(=O)O. The summed E-state index contributed by atoms with van der Waals surface area (Å²) in [7, 11) is 0. The van der Waals surface area contributed by atoms with Gasteiger partial charge in [-0.2, -0.15) is 0 Å². The lowest BCUT2D eigenvalue weighted by Crippen LogP contribution is -2.32. The Kier molecular flexibility index (Phi) is 3.70. The highest BCUT2D eigenvalue weighted by atomic mass is 131. The quantitative estimate of drug-likeness (QED) is 0.726. The molecule has 4 nitrogen and oxygen atoms in total. The van der Waals surface area contributed by atoms with Gasteiger partial charge in [0.2, 0.25) is 0 Å². The number of phenols is 1. The van der Waals surface area contributed by atoms with Gasteiger partial charge in [-0.1, -0.05) is 6.07 Å². The fourth-order valence-electron chi connectivity index (χ4n) is 1.02. The van der Waals surface area contributed by atoms with Crippen molar-refractivity contribution in [1.29, 1.82) is 0 Å². The third-order valence-corrected chi connectivity index (χ3v) is 2.65. The monoisotopic (exact) mass is 311 g/mol. The van der Waals surface area contributed by atoms with Crippen LogP contribution in [0.3, 0.4) is 0 Å². The fraction of sp³-hybridized carbons (Fsp3) is 0.222. The normalized spacial score (nSPS) is 12.4. The summed E-state index contributed by atoms with van der Waals surface area (Å²) in [5.41, 5.74) is 6.18. The van der Waals surface area contributed by atoms with Gasteiger partial charge in [0.05, 0.1) is 3.57 Å². The van der Waals surface area contributed by atoms with Gasteiger partial charge in [-0.3, -0.25) is 4.79 Å². The molecule has 0 heterocycles. The van der Waals surface area contributed by atoms with Crippen molar-refractivity contribution in [2.24, 2.45) is 5.73 Å². The minimum Gasteiger partial charge on any atom is -0.507 e. The lowest BCUT2D eigenvalue weighted by molar-refractivity contribution is -0.138. The lowest BCUT2D eigenvalue weighted by Gasteiger charge is -2.07. The smallest absolute Gasteiger partial charge is 0.320 e. The van der Waals surface area contributed by atoms with Gasteiger partial charge in [-0.15, -0.1) is 0 Å². The third kappa shape index (κ3) is 2.85. The molecule has 4 N–H and O–H groups in total. The van der Waals surface area contributed by atoms with Gasteiger partial charge in [0.1, 0.15) is 11.8 Å². The summed E-state index contributed by atoms with van der Waals surface area (Å²) >= 11 is 1.98. The van der Waals surface area contributed by atoms with E-state index in [1.165, 1.54) is 6.07 Å². The molecule has 0 spiro atoms. The molecular formula is C9H10INO3. The highest BCUT2D eigenvalue weighted by Gasteiger charge is 2.12. The van der Waals surface area contributed by atoms with Crippen molar-refractivity contribution >= 4 is 28.6 Å². The van der Waals surface area contributed by atoms with Crippen LogP contribution in [0.2, 0.25) is 0 Å². The van der Waals surface area contributed by atoms with Crippen LogP contribution in [-0.2, 0) is 11.2 Å². The van der Waals surface area contributed by atoms with Gasteiger partial charge in [0.15, 0.2) is 0 Å². The van der Waals surface area contributed by atoms with E-state index in [-0.39, 0.29) is 12.2 Å². The van der Waals surface area contributed by atoms with E-state index in [1.54, 1.807) is 12.1 Å². The summed E-state index contributed by atoms with van der Waals surface area (Å²) in [5.74, 6) is -0.827. The number of nitrogens with two attached hydrogens (primary N) is 1. The van der Waals surface area contributed by atoms with Gasteiger partial charge in [0, 0.05) is 0 Å². The molecule has 1 rings (SSSR count). The molecule has 0 amide bonds. The Morgan fingerprint density at radius 2 is 2.21 bits per heavy atom. The van der Waals surface area contributed by atoms with E-state index in [0.717, 1.165) is 5.56 Å². The molecule has 0 aliphatic carbocycles. The molecule has 1 unspecified atom stereocenters. The molecular weight excluding hydrogens is 301 g/mol. The molecule has 1 aromatic carbocycles. The maximum Gasteiger partial charge on any atom is 0.320 e. The first-order valence-corrected chi connectivity index (χ1v) is 5.04. The molecule has 0 aromatic heterocycles. The topological polar surface area (TPSA) is 83.5 Å². The van der Waals surface area contributed by atoms with Crippen molar-refractivity contribution in [2.45, 2.75) is 12.5 Å². The first kappa shape index (κ1) is 11.3. The Hall–Kier alpha value is -0.820. The maximum atomic E-state index is 10.5. The van der Waals surface area contributed by atoms with Gasteiger partial charge >= 0.3 is 5.97 Å². The van der Waals surface area contributed by atoms with E-state index in [1.807, 2.05) is 22.6 Å². The molecule has 0 saturated heterocycles. The number of phenolic OH excluding ortho intramolecular Hbond substituents is 1. The molecule has 0 fully saturated rings. The van der Waals surface area contributed by atoms with Gasteiger partial charge in [-0.05, 0) is 46.7 Å². The zero-order valence-electron chi connectivity index (χ0n) is 7.27. The van der Waals surface area contributed by atoms with E-state index in [2.05, 4.69) is 0 Å². The highest BCUT2D eigenvalue weighted by molar-refractivity contribution is 14.1. The van der Waals surface area contributed by atoms with Crippen molar-refractivity contribution < 1.29 is 15.0 Å². The number of carbonyl (C=O) groups is 1. The van der Waals surface area contributed by atoms with Gasteiger partial charge in [0.25, 0.3) is 0 Å². The molecule has 76 valence electrons. The van der Waals surface area contributed by atoms with Crippen LogP contribution >= 0.6 is 22.6 Å². The van der Waals surface area contributed by atoms with Gasteiger partial charge < -0.3 is 15.9 Å². The zero-order chi connectivity index (χ0) is 10.7. The Morgan fingerprint density at radius 3 is 2.71 bits per heavy atom. The number of aliphatic carboxylic acids is 1. The second-order valence-electron chi connectivity index (χ2n) is 2.93. The van der Waals surface area contributed by atoms with Crippen LogP contribution in [0.15, 0.2) is 18.2 Å². The number of benzene rings is 1. The second-order valence-corrected chi connectivity index (χ2v) is 4.10. The van der Waals surface area contributed by atoms with E-state index in [4.69, 9.17) is 10.8 Å². The van der Waals surface area contributed by atoms with Crippen molar-refractivity contribution in [3.8, 4) is 5.75 Å². The van der Waals surface area contributed by atoms with Crippen molar-refractivity contribution in [3.05, 3.63) is 27.3 Å². The standard InChI is InChI=1S/C9H10INO3/c10-6-3-5(1-2-8(6)12)4-7(11)9(13)14/h1-3,7,12H,4,11H2,(H,13,14)/i10+4. The minimum absolute atomic E-state index is 0.193. The Morgan fingerprint density at radius 1 is 1.57 bits per heavy atom. The summed E-state index contributed by atoms with van der Waals surface area (Å²) in [6.45, 7) is 0. The second kappa shape index (κ2) is 4.61. The summed E-state index contributed by atoms with van der Waals surface area (Å²) < 4.78 is 0.692.